The van der Waals surface area contributed by atoms with Gasteiger partial charge in [0.2, 0.25) is 0 Å². The van der Waals surface area contributed by atoms with E-state index in [2.05, 4.69) is 53.3 Å². The van der Waals surface area contributed by atoms with Crippen molar-refractivity contribution < 1.29 is 0 Å². The SMILES string of the molecule is CN(CCc1cc[nH]c1)CC(C)(C)N1CCNCC1. The zero-order valence-corrected chi connectivity index (χ0v) is 12.6. The summed E-state index contributed by atoms with van der Waals surface area (Å²) in [5.74, 6) is 0. The van der Waals surface area contributed by atoms with Crippen molar-refractivity contribution in [1.29, 1.82) is 0 Å². The minimum atomic E-state index is 0.259. The minimum Gasteiger partial charge on any atom is -0.367 e. The van der Waals surface area contributed by atoms with Crippen LogP contribution in [0.15, 0.2) is 18.5 Å². The molecule has 0 spiro atoms. The largest absolute Gasteiger partial charge is 0.367 e. The lowest BCUT2D eigenvalue weighted by Crippen LogP contribution is -2.57. The Balaban J connectivity index is 1.77. The highest BCUT2D eigenvalue weighted by Gasteiger charge is 2.28. The molecule has 0 radical (unpaired) electrons. The molecule has 0 aromatic carbocycles. The molecular weight excluding hydrogens is 236 g/mol. The minimum absolute atomic E-state index is 0.259. The van der Waals surface area contributed by atoms with Crippen LogP contribution in [0.2, 0.25) is 0 Å². The topological polar surface area (TPSA) is 34.3 Å². The lowest BCUT2D eigenvalue weighted by molar-refractivity contribution is 0.0717. The molecule has 2 heterocycles. The van der Waals surface area contributed by atoms with Gasteiger partial charge in [0, 0.05) is 57.2 Å². The standard InChI is InChI=1S/C15H28N4/c1-15(2,19-10-7-16-8-11-19)13-18(3)9-5-14-4-6-17-12-14/h4,6,12,16-17H,5,7-11,13H2,1-3H3. The fourth-order valence-electron chi connectivity index (χ4n) is 2.94. The molecule has 2 N–H and O–H groups in total. The number of hydrogen-bond donors (Lipinski definition) is 2. The molecule has 4 nitrogen and oxygen atoms in total. The normalized spacial score (nSPS) is 18.1. The van der Waals surface area contributed by atoms with Crippen LogP contribution >= 0.6 is 0 Å². The van der Waals surface area contributed by atoms with Crippen molar-refractivity contribution >= 4 is 0 Å². The van der Waals surface area contributed by atoms with Crippen molar-refractivity contribution in [2.75, 3.05) is 46.3 Å². The molecule has 1 aromatic heterocycles. The van der Waals surface area contributed by atoms with Crippen LogP contribution in [0.1, 0.15) is 19.4 Å². The Labute approximate surface area is 117 Å². The summed E-state index contributed by atoms with van der Waals surface area (Å²) in [4.78, 5) is 8.18. The van der Waals surface area contributed by atoms with Crippen molar-refractivity contribution in [1.82, 2.24) is 20.1 Å². The Morgan fingerprint density at radius 1 is 1.32 bits per heavy atom. The molecule has 0 bridgehead atoms. The van der Waals surface area contributed by atoms with Gasteiger partial charge in [-0.25, -0.2) is 0 Å². The maximum Gasteiger partial charge on any atom is 0.0281 e. The Kier molecular flexibility index (Phi) is 5.02. The van der Waals surface area contributed by atoms with Gasteiger partial charge in [0.15, 0.2) is 0 Å². The quantitative estimate of drug-likeness (QED) is 0.809. The first-order chi connectivity index (χ1) is 9.08. The zero-order valence-electron chi connectivity index (χ0n) is 12.6. The summed E-state index contributed by atoms with van der Waals surface area (Å²) in [6.45, 7) is 11.5. The van der Waals surface area contributed by atoms with Gasteiger partial charge in [-0.1, -0.05) is 0 Å². The third kappa shape index (κ3) is 4.34. The van der Waals surface area contributed by atoms with E-state index in [-0.39, 0.29) is 5.54 Å². The average Bonchev–Trinajstić information content (AvgIpc) is 2.90. The smallest absolute Gasteiger partial charge is 0.0281 e. The lowest BCUT2D eigenvalue weighted by Gasteiger charge is -2.43. The molecule has 1 aromatic rings. The van der Waals surface area contributed by atoms with Gasteiger partial charge < -0.3 is 15.2 Å². The van der Waals surface area contributed by atoms with Gasteiger partial charge in [-0.05, 0) is 38.9 Å². The van der Waals surface area contributed by atoms with Crippen molar-refractivity contribution in [3.63, 3.8) is 0 Å². The van der Waals surface area contributed by atoms with E-state index in [1.165, 1.54) is 18.7 Å². The molecule has 0 aliphatic carbocycles. The molecule has 1 aliphatic rings. The summed E-state index contributed by atoms with van der Waals surface area (Å²) in [7, 11) is 2.23. The number of nitrogens with zero attached hydrogens (tertiary/aromatic N) is 2. The molecule has 0 amide bonds. The maximum absolute atomic E-state index is 3.43. The number of nitrogens with one attached hydrogen (secondary N) is 2. The number of likely N-dealkylation sites (N-methyl/N-ethyl adjacent to an activating group) is 1. The van der Waals surface area contributed by atoms with E-state index in [4.69, 9.17) is 0 Å². The van der Waals surface area contributed by atoms with Gasteiger partial charge in [-0.15, -0.1) is 0 Å². The van der Waals surface area contributed by atoms with Gasteiger partial charge in [-0.2, -0.15) is 0 Å². The first-order valence-electron chi connectivity index (χ1n) is 7.34. The fourth-order valence-corrected chi connectivity index (χ4v) is 2.94. The Hall–Kier alpha value is -0.840. The average molecular weight is 264 g/mol. The summed E-state index contributed by atoms with van der Waals surface area (Å²) in [5.41, 5.74) is 1.65. The molecule has 1 aliphatic heterocycles. The summed E-state index contributed by atoms with van der Waals surface area (Å²) < 4.78 is 0. The molecule has 2 rings (SSSR count). The van der Waals surface area contributed by atoms with Crippen LogP contribution in [0.3, 0.4) is 0 Å². The number of rotatable bonds is 6. The van der Waals surface area contributed by atoms with Crippen LogP contribution in [0.25, 0.3) is 0 Å². The van der Waals surface area contributed by atoms with E-state index in [0.717, 1.165) is 32.6 Å². The molecule has 19 heavy (non-hydrogen) atoms. The predicted octanol–water partition coefficient (Wildman–Crippen LogP) is 1.17. The molecule has 0 saturated carbocycles. The van der Waals surface area contributed by atoms with E-state index in [1.807, 2.05) is 6.20 Å². The van der Waals surface area contributed by atoms with Gasteiger partial charge in [-0.3, -0.25) is 4.90 Å². The second-order valence-electron chi connectivity index (χ2n) is 6.26. The van der Waals surface area contributed by atoms with E-state index in [1.54, 1.807) is 0 Å². The predicted molar refractivity (Wildman–Crippen MR) is 80.5 cm³/mol. The molecule has 1 fully saturated rings. The van der Waals surface area contributed by atoms with Crippen molar-refractivity contribution in [2.45, 2.75) is 25.8 Å². The number of aromatic amines is 1. The van der Waals surface area contributed by atoms with Gasteiger partial charge in [0.25, 0.3) is 0 Å². The van der Waals surface area contributed by atoms with Crippen LogP contribution in [-0.2, 0) is 6.42 Å². The van der Waals surface area contributed by atoms with E-state index in [0.29, 0.717) is 0 Å². The molecule has 108 valence electrons. The second kappa shape index (κ2) is 6.55. The number of hydrogen-bond acceptors (Lipinski definition) is 3. The summed E-state index contributed by atoms with van der Waals surface area (Å²) in [5, 5.41) is 3.43. The highest BCUT2D eigenvalue weighted by atomic mass is 15.3. The van der Waals surface area contributed by atoms with Gasteiger partial charge in [0.05, 0.1) is 0 Å². The lowest BCUT2D eigenvalue weighted by atomic mass is 10.0. The van der Waals surface area contributed by atoms with Gasteiger partial charge >= 0.3 is 0 Å². The molecule has 1 saturated heterocycles. The maximum atomic E-state index is 3.43. The number of piperazine rings is 1. The Bertz CT molecular complexity index is 352. The summed E-state index contributed by atoms with van der Waals surface area (Å²) >= 11 is 0. The first kappa shape index (κ1) is 14.6. The Morgan fingerprint density at radius 3 is 2.68 bits per heavy atom. The summed E-state index contributed by atoms with van der Waals surface area (Å²) in [6.07, 6.45) is 5.22. The van der Waals surface area contributed by atoms with E-state index < -0.39 is 0 Å². The van der Waals surface area contributed by atoms with Crippen molar-refractivity contribution in [3.05, 3.63) is 24.0 Å². The highest BCUT2D eigenvalue weighted by molar-refractivity contribution is 5.08. The fraction of sp³-hybridized carbons (Fsp3) is 0.733. The highest BCUT2D eigenvalue weighted by Crippen LogP contribution is 2.16. The molecular formula is C15H28N4. The number of aromatic nitrogens is 1. The van der Waals surface area contributed by atoms with Crippen LogP contribution in [0.5, 0.6) is 0 Å². The molecule has 4 heteroatoms. The monoisotopic (exact) mass is 264 g/mol. The van der Waals surface area contributed by atoms with E-state index >= 15 is 0 Å². The van der Waals surface area contributed by atoms with Crippen LogP contribution < -0.4 is 5.32 Å². The number of H-pyrrole nitrogens is 1. The first-order valence-corrected chi connectivity index (χ1v) is 7.34. The molecule has 0 unspecified atom stereocenters. The van der Waals surface area contributed by atoms with Crippen molar-refractivity contribution in [2.24, 2.45) is 0 Å². The zero-order chi connectivity index (χ0) is 13.7. The van der Waals surface area contributed by atoms with Gasteiger partial charge in [0.1, 0.15) is 0 Å². The second-order valence-corrected chi connectivity index (χ2v) is 6.26. The van der Waals surface area contributed by atoms with Crippen LogP contribution in [-0.4, -0.2) is 66.6 Å². The molecule has 0 atom stereocenters. The summed E-state index contributed by atoms with van der Waals surface area (Å²) in [6, 6.07) is 2.16. The Morgan fingerprint density at radius 2 is 2.05 bits per heavy atom. The van der Waals surface area contributed by atoms with E-state index in [9.17, 15) is 0 Å². The van der Waals surface area contributed by atoms with Crippen LogP contribution in [0.4, 0.5) is 0 Å². The van der Waals surface area contributed by atoms with Crippen molar-refractivity contribution in [3.8, 4) is 0 Å². The third-order valence-electron chi connectivity index (χ3n) is 4.07. The third-order valence-corrected chi connectivity index (χ3v) is 4.07. The van der Waals surface area contributed by atoms with Crippen LogP contribution in [0, 0.1) is 0 Å².